The number of nitrogens with one attached hydrogen (secondary N) is 1. The Balaban J connectivity index is 2.36. The van der Waals surface area contributed by atoms with Gasteiger partial charge in [-0.2, -0.15) is 0 Å². The quantitative estimate of drug-likeness (QED) is 0.579. The first-order valence-corrected chi connectivity index (χ1v) is 5.93. The van der Waals surface area contributed by atoms with Crippen LogP contribution in [0.1, 0.15) is 20.8 Å². The fourth-order valence-electron chi connectivity index (χ4n) is 2.40. The van der Waals surface area contributed by atoms with Crippen LogP contribution in [0.4, 0.5) is 0 Å². The Morgan fingerprint density at radius 3 is 2.47 bits per heavy atom. The van der Waals surface area contributed by atoms with Crippen LogP contribution >= 0.6 is 0 Å². The summed E-state index contributed by atoms with van der Waals surface area (Å²) in [7, 11) is 0. The third-order valence-electron chi connectivity index (χ3n) is 3.19. The Bertz CT molecular complexity index is 446. The Kier molecular flexibility index (Phi) is 3.16. The molecule has 0 radical (unpaired) electrons. The van der Waals surface area contributed by atoms with Gasteiger partial charge in [-0.1, -0.05) is 6.08 Å². The third kappa shape index (κ3) is 2.36. The second-order valence-corrected chi connectivity index (χ2v) is 5.24. The molecule has 2 aliphatic rings. The molecule has 0 aromatic carbocycles. The Labute approximate surface area is 110 Å². The average molecular weight is 271 g/mol. The van der Waals surface area contributed by atoms with Crippen LogP contribution in [0.25, 0.3) is 0 Å². The first-order chi connectivity index (χ1) is 8.66. The van der Waals surface area contributed by atoms with Crippen molar-refractivity contribution in [1.29, 1.82) is 0 Å². The van der Waals surface area contributed by atoms with Crippen LogP contribution in [-0.2, 0) is 19.1 Å². The second kappa shape index (κ2) is 4.29. The molecule has 0 saturated carbocycles. The monoisotopic (exact) mass is 271 g/mol. The molecule has 1 saturated heterocycles. The number of rotatable bonds is 2. The van der Waals surface area contributed by atoms with Gasteiger partial charge < -0.3 is 25.0 Å². The van der Waals surface area contributed by atoms with Crippen molar-refractivity contribution >= 4 is 11.9 Å². The van der Waals surface area contributed by atoms with E-state index in [1.807, 2.05) is 0 Å². The van der Waals surface area contributed by atoms with Gasteiger partial charge in [-0.25, -0.2) is 4.79 Å². The van der Waals surface area contributed by atoms with Gasteiger partial charge in [0.25, 0.3) is 0 Å². The largest absolute Gasteiger partial charge is 0.479 e. The van der Waals surface area contributed by atoms with Crippen LogP contribution in [0.3, 0.4) is 0 Å². The lowest BCUT2D eigenvalue weighted by Crippen LogP contribution is -2.60. The van der Waals surface area contributed by atoms with Gasteiger partial charge in [-0.05, 0) is 19.9 Å². The van der Waals surface area contributed by atoms with E-state index in [0.29, 0.717) is 0 Å². The Morgan fingerprint density at radius 2 is 1.95 bits per heavy atom. The number of carboxylic acids is 1. The van der Waals surface area contributed by atoms with Crippen molar-refractivity contribution in [2.75, 3.05) is 0 Å². The molecule has 1 amide bonds. The van der Waals surface area contributed by atoms with Crippen LogP contribution < -0.4 is 5.32 Å². The number of amides is 1. The Morgan fingerprint density at radius 1 is 1.32 bits per heavy atom. The fourth-order valence-corrected chi connectivity index (χ4v) is 2.40. The third-order valence-corrected chi connectivity index (χ3v) is 3.19. The highest BCUT2D eigenvalue weighted by Crippen LogP contribution is 2.39. The molecule has 1 heterocycles. The summed E-state index contributed by atoms with van der Waals surface area (Å²) in [5.41, 5.74) is -2.16. The molecule has 3 N–H and O–H groups in total. The second-order valence-electron chi connectivity index (χ2n) is 5.24. The molecule has 0 aromatic rings. The van der Waals surface area contributed by atoms with Crippen molar-refractivity contribution < 1.29 is 29.3 Å². The van der Waals surface area contributed by atoms with Crippen molar-refractivity contribution in [3.63, 3.8) is 0 Å². The molecule has 106 valence electrons. The van der Waals surface area contributed by atoms with E-state index in [-0.39, 0.29) is 5.91 Å². The topological polar surface area (TPSA) is 105 Å². The molecule has 7 nitrogen and oxygen atoms in total. The van der Waals surface area contributed by atoms with E-state index in [4.69, 9.17) is 14.6 Å². The summed E-state index contributed by atoms with van der Waals surface area (Å²) in [6.07, 6.45) is 0.704. The van der Waals surface area contributed by atoms with Crippen molar-refractivity contribution in [1.82, 2.24) is 5.32 Å². The van der Waals surface area contributed by atoms with Crippen LogP contribution in [0, 0.1) is 0 Å². The molecule has 1 aliphatic heterocycles. The number of aliphatic hydroxyl groups is 1. The average Bonchev–Trinajstić information content (AvgIpc) is 2.59. The van der Waals surface area contributed by atoms with Gasteiger partial charge in [0.1, 0.15) is 12.2 Å². The lowest BCUT2D eigenvalue weighted by atomic mass is 9.83. The van der Waals surface area contributed by atoms with Crippen LogP contribution in [0.15, 0.2) is 12.2 Å². The SMILES string of the molecule is CC(=O)NC1C=CC(O)(C(=O)O)C2OC(C)(C)OC12. The minimum Gasteiger partial charge on any atom is -0.479 e. The van der Waals surface area contributed by atoms with Crippen LogP contribution in [0.5, 0.6) is 0 Å². The van der Waals surface area contributed by atoms with E-state index in [1.165, 1.54) is 13.0 Å². The molecule has 0 spiro atoms. The van der Waals surface area contributed by atoms with Crippen LogP contribution in [0.2, 0.25) is 0 Å². The van der Waals surface area contributed by atoms with Gasteiger partial charge in [-0.15, -0.1) is 0 Å². The molecule has 4 unspecified atom stereocenters. The lowest BCUT2D eigenvalue weighted by Gasteiger charge is -2.36. The zero-order valence-electron chi connectivity index (χ0n) is 10.9. The summed E-state index contributed by atoms with van der Waals surface area (Å²) in [4.78, 5) is 22.4. The molecule has 7 heteroatoms. The Hall–Kier alpha value is -1.44. The standard InChI is InChI=1S/C12H17NO6/c1-6(14)13-7-4-5-12(17,10(15)16)9-8(7)18-11(2,3)19-9/h4-5,7-9,17H,1-3H3,(H,13,14)(H,15,16). The first-order valence-electron chi connectivity index (χ1n) is 5.93. The highest BCUT2D eigenvalue weighted by molar-refractivity contribution is 5.82. The maximum absolute atomic E-state index is 11.2. The summed E-state index contributed by atoms with van der Waals surface area (Å²) in [6.45, 7) is 4.60. The first kappa shape index (κ1) is 14.0. The summed E-state index contributed by atoms with van der Waals surface area (Å²) in [6, 6.07) is -0.538. The molecular weight excluding hydrogens is 254 g/mol. The van der Waals surface area contributed by atoms with Gasteiger partial charge in [0.05, 0.1) is 6.04 Å². The maximum Gasteiger partial charge on any atom is 0.342 e. The molecule has 0 bridgehead atoms. The minimum absolute atomic E-state index is 0.275. The van der Waals surface area contributed by atoms with Gasteiger partial charge in [0, 0.05) is 6.92 Å². The van der Waals surface area contributed by atoms with E-state index in [1.54, 1.807) is 13.8 Å². The zero-order chi connectivity index (χ0) is 14.4. The number of hydrogen-bond acceptors (Lipinski definition) is 5. The predicted molar refractivity (Wildman–Crippen MR) is 63.2 cm³/mol. The van der Waals surface area contributed by atoms with Gasteiger partial charge in [-0.3, -0.25) is 4.79 Å². The van der Waals surface area contributed by atoms with E-state index in [9.17, 15) is 14.7 Å². The van der Waals surface area contributed by atoms with Gasteiger partial charge >= 0.3 is 5.97 Å². The summed E-state index contributed by atoms with van der Waals surface area (Å²) in [5, 5.41) is 22.0. The summed E-state index contributed by atoms with van der Waals surface area (Å²) in [5.74, 6) is -2.72. The lowest BCUT2D eigenvalue weighted by molar-refractivity contribution is -0.180. The highest BCUT2D eigenvalue weighted by Gasteiger charge is 2.59. The molecular formula is C12H17NO6. The van der Waals surface area contributed by atoms with E-state index < -0.39 is 35.6 Å². The number of carboxylic acid groups (broad SMARTS) is 1. The van der Waals surface area contributed by atoms with Crippen molar-refractivity contribution in [2.45, 2.75) is 50.4 Å². The van der Waals surface area contributed by atoms with E-state index >= 15 is 0 Å². The molecule has 4 atom stereocenters. The van der Waals surface area contributed by atoms with Crippen molar-refractivity contribution in [3.05, 3.63) is 12.2 Å². The van der Waals surface area contributed by atoms with E-state index in [2.05, 4.69) is 5.32 Å². The molecule has 1 fully saturated rings. The van der Waals surface area contributed by atoms with Crippen molar-refractivity contribution in [2.24, 2.45) is 0 Å². The number of fused-ring (bicyclic) bond motifs is 1. The predicted octanol–water partition coefficient (Wildman–Crippen LogP) is -0.603. The fraction of sp³-hybridized carbons (Fsp3) is 0.667. The van der Waals surface area contributed by atoms with Gasteiger partial charge in [0.15, 0.2) is 5.79 Å². The molecule has 0 aromatic heterocycles. The number of aliphatic carboxylic acids is 1. The number of carbonyl (C=O) groups excluding carboxylic acids is 1. The number of ether oxygens (including phenoxy) is 2. The number of carbonyl (C=O) groups is 2. The molecule has 2 rings (SSSR count). The highest BCUT2D eigenvalue weighted by atomic mass is 16.8. The molecule has 1 aliphatic carbocycles. The maximum atomic E-state index is 11.2. The van der Waals surface area contributed by atoms with Crippen LogP contribution in [-0.4, -0.2) is 51.7 Å². The summed E-state index contributed by atoms with van der Waals surface area (Å²) >= 11 is 0. The van der Waals surface area contributed by atoms with Crippen molar-refractivity contribution in [3.8, 4) is 0 Å². The van der Waals surface area contributed by atoms with E-state index in [0.717, 1.165) is 6.08 Å². The molecule has 19 heavy (non-hydrogen) atoms. The minimum atomic E-state index is -2.16. The smallest absolute Gasteiger partial charge is 0.342 e. The number of hydrogen-bond donors (Lipinski definition) is 3. The normalized spacial score (nSPS) is 39.7. The summed E-state index contributed by atoms with van der Waals surface area (Å²) < 4.78 is 11.1. The zero-order valence-corrected chi connectivity index (χ0v) is 10.9. The van der Waals surface area contributed by atoms with Gasteiger partial charge in [0.2, 0.25) is 11.5 Å².